The summed E-state index contributed by atoms with van der Waals surface area (Å²) >= 11 is 7.14. The van der Waals surface area contributed by atoms with Gasteiger partial charge in [0.05, 0.1) is 0 Å². The van der Waals surface area contributed by atoms with Crippen molar-refractivity contribution in [2.45, 2.75) is 38.0 Å². The molecule has 0 aliphatic carbocycles. The van der Waals surface area contributed by atoms with Crippen LogP contribution in [-0.2, 0) is 6.54 Å². The molecule has 0 atom stereocenters. The standard InChI is InChI=1S/C10H18N2S2/c1-4-10(5-2,14-3)8-12-7-6-11-9(12)13/h6-7H,4-5,8H2,1-3H3,(H,11,13). The quantitative estimate of drug-likeness (QED) is 0.782. The second-order valence-corrected chi connectivity index (χ2v) is 5.15. The third kappa shape index (κ3) is 2.42. The maximum absolute atomic E-state index is 5.20. The van der Waals surface area contributed by atoms with Crippen LogP contribution in [0.2, 0.25) is 0 Å². The van der Waals surface area contributed by atoms with Gasteiger partial charge in [-0.3, -0.25) is 0 Å². The maximum Gasteiger partial charge on any atom is 0.177 e. The molecule has 14 heavy (non-hydrogen) atoms. The second kappa shape index (κ2) is 5.03. The molecule has 0 amide bonds. The minimum absolute atomic E-state index is 0.334. The molecule has 0 fully saturated rings. The fraction of sp³-hybridized carbons (Fsp3) is 0.700. The highest BCUT2D eigenvalue weighted by Gasteiger charge is 2.25. The number of nitrogens with one attached hydrogen (secondary N) is 1. The number of aromatic amines is 1. The number of thioether (sulfide) groups is 1. The molecule has 1 aromatic rings. The number of rotatable bonds is 5. The molecule has 0 aliphatic heterocycles. The van der Waals surface area contributed by atoms with Gasteiger partial charge in [-0.2, -0.15) is 11.8 Å². The van der Waals surface area contributed by atoms with Crippen LogP contribution in [0.4, 0.5) is 0 Å². The van der Waals surface area contributed by atoms with Crippen molar-refractivity contribution in [3.05, 3.63) is 17.2 Å². The van der Waals surface area contributed by atoms with E-state index in [4.69, 9.17) is 12.2 Å². The number of H-pyrrole nitrogens is 1. The molecule has 2 nitrogen and oxygen atoms in total. The number of aromatic nitrogens is 2. The largest absolute Gasteiger partial charge is 0.337 e. The Hall–Kier alpha value is -0.220. The van der Waals surface area contributed by atoms with Gasteiger partial charge in [0, 0.05) is 23.7 Å². The number of hydrogen-bond acceptors (Lipinski definition) is 2. The third-order valence-electron chi connectivity index (χ3n) is 2.90. The van der Waals surface area contributed by atoms with Gasteiger partial charge in [-0.15, -0.1) is 0 Å². The molecule has 1 heterocycles. The van der Waals surface area contributed by atoms with Gasteiger partial charge in [0.1, 0.15) is 0 Å². The van der Waals surface area contributed by atoms with Crippen molar-refractivity contribution in [3.8, 4) is 0 Å². The molecular formula is C10H18N2S2. The van der Waals surface area contributed by atoms with E-state index < -0.39 is 0 Å². The van der Waals surface area contributed by atoms with E-state index in [1.807, 2.05) is 24.2 Å². The number of imidazole rings is 1. The lowest BCUT2D eigenvalue weighted by atomic mass is 10.0. The zero-order chi connectivity index (χ0) is 10.6. The van der Waals surface area contributed by atoms with Gasteiger partial charge in [0.25, 0.3) is 0 Å². The van der Waals surface area contributed by atoms with Crippen LogP contribution < -0.4 is 0 Å². The molecule has 0 saturated heterocycles. The molecule has 0 bridgehead atoms. The van der Waals surface area contributed by atoms with Crippen LogP contribution in [0.25, 0.3) is 0 Å². The molecule has 80 valence electrons. The molecule has 0 saturated carbocycles. The van der Waals surface area contributed by atoms with Gasteiger partial charge in [-0.25, -0.2) is 0 Å². The van der Waals surface area contributed by atoms with Crippen molar-refractivity contribution in [1.82, 2.24) is 9.55 Å². The summed E-state index contributed by atoms with van der Waals surface area (Å²) in [7, 11) is 0. The summed E-state index contributed by atoms with van der Waals surface area (Å²) in [6.07, 6.45) is 8.47. The van der Waals surface area contributed by atoms with Crippen molar-refractivity contribution in [2.75, 3.05) is 6.26 Å². The van der Waals surface area contributed by atoms with Gasteiger partial charge in [0.2, 0.25) is 0 Å². The van der Waals surface area contributed by atoms with Crippen LogP contribution >= 0.6 is 24.0 Å². The Balaban J connectivity index is 2.84. The highest BCUT2D eigenvalue weighted by Crippen LogP contribution is 2.32. The molecule has 0 aromatic carbocycles. The fourth-order valence-corrected chi connectivity index (χ4v) is 2.65. The number of nitrogens with zero attached hydrogens (tertiary/aromatic N) is 1. The summed E-state index contributed by atoms with van der Waals surface area (Å²) in [5.74, 6) is 0. The number of hydrogen-bond donors (Lipinski definition) is 1. The Labute approximate surface area is 95.1 Å². The van der Waals surface area contributed by atoms with Crippen molar-refractivity contribution >= 4 is 24.0 Å². The van der Waals surface area contributed by atoms with E-state index in [9.17, 15) is 0 Å². The van der Waals surface area contributed by atoms with Crippen LogP contribution in [0.15, 0.2) is 12.4 Å². The molecule has 1 N–H and O–H groups in total. The second-order valence-electron chi connectivity index (χ2n) is 3.49. The Kier molecular flexibility index (Phi) is 4.26. The molecule has 0 radical (unpaired) electrons. The van der Waals surface area contributed by atoms with Gasteiger partial charge < -0.3 is 9.55 Å². The van der Waals surface area contributed by atoms with Crippen molar-refractivity contribution in [3.63, 3.8) is 0 Å². The van der Waals surface area contributed by atoms with Crippen LogP contribution in [0.3, 0.4) is 0 Å². The predicted octanol–water partition coefficient (Wildman–Crippen LogP) is 3.47. The van der Waals surface area contributed by atoms with Crippen LogP contribution in [-0.4, -0.2) is 20.6 Å². The lowest BCUT2D eigenvalue weighted by Crippen LogP contribution is -2.28. The van der Waals surface area contributed by atoms with E-state index in [0.717, 1.165) is 11.3 Å². The van der Waals surface area contributed by atoms with Crippen molar-refractivity contribution in [1.29, 1.82) is 0 Å². The summed E-state index contributed by atoms with van der Waals surface area (Å²) < 4.78 is 3.28. The normalized spacial score (nSPS) is 11.9. The Morgan fingerprint density at radius 1 is 1.50 bits per heavy atom. The smallest absolute Gasteiger partial charge is 0.177 e. The van der Waals surface area contributed by atoms with E-state index in [2.05, 4.69) is 29.7 Å². The average molecular weight is 230 g/mol. The van der Waals surface area contributed by atoms with Crippen molar-refractivity contribution in [2.24, 2.45) is 0 Å². The highest BCUT2D eigenvalue weighted by molar-refractivity contribution is 8.00. The van der Waals surface area contributed by atoms with E-state index in [0.29, 0.717) is 4.75 Å². The summed E-state index contributed by atoms with van der Waals surface area (Å²) in [5.41, 5.74) is 0. The summed E-state index contributed by atoms with van der Waals surface area (Å²) in [6.45, 7) is 5.50. The first-order chi connectivity index (χ1) is 6.67. The lowest BCUT2D eigenvalue weighted by molar-refractivity contribution is 0.463. The summed E-state index contributed by atoms with van der Waals surface area (Å²) in [5, 5.41) is 0. The van der Waals surface area contributed by atoms with Gasteiger partial charge >= 0.3 is 0 Å². The molecule has 0 spiro atoms. The minimum Gasteiger partial charge on any atom is -0.337 e. The van der Waals surface area contributed by atoms with E-state index in [1.54, 1.807) is 0 Å². The summed E-state index contributed by atoms with van der Waals surface area (Å²) in [4.78, 5) is 3.03. The van der Waals surface area contributed by atoms with Crippen LogP contribution in [0.5, 0.6) is 0 Å². The van der Waals surface area contributed by atoms with Crippen molar-refractivity contribution < 1.29 is 0 Å². The molecular weight excluding hydrogens is 212 g/mol. The predicted molar refractivity (Wildman–Crippen MR) is 66.4 cm³/mol. The molecule has 4 heteroatoms. The zero-order valence-electron chi connectivity index (χ0n) is 9.04. The first-order valence-electron chi connectivity index (χ1n) is 4.96. The van der Waals surface area contributed by atoms with E-state index >= 15 is 0 Å². The first kappa shape index (κ1) is 11.9. The Morgan fingerprint density at radius 3 is 2.50 bits per heavy atom. The molecule has 0 unspecified atom stereocenters. The maximum atomic E-state index is 5.20. The first-order valence-corrected chi connectivity index (χ1v) is 6.59. The SMILES string of the molecule is CCC(CC)(Cn1cc[nH]c1=S)SC. The van der Waals surface area contributed by atoms with E-state index in [-0.39, 0.29) is 0 Å². The molecule has 1 aromatic heterocycles. The van der Waals surface area contributed by atoms with Gasteiger partial charge in [0.15, 0.2) is 4.77 Å². The molecule has 1 rings (SSSR count). The monoisotopic (exact) mass is 230 g/mol. The van der Waals surface area contributed by atoms with Crippen LogP contribution in [0.1, 0.15) is 26.7 Å². The third-order valence-corrected chi connectivity index (χ3v) is 4.83. The van der Waals surface area contributed by atoms with Crippen LogP contribution in [0, 0.1) is 4.77 Å². The Bertz CT molecular complexity index is 315. The summed E-state index contributed by atoms with van der Waals surface area (Å²) in [6, 6.07) is 0. The van der Waals surface area contributed by atoms with Gasteiger partial charge in [-0.05, 0) is 31.3 Å². The molecule has 0 aliphatic rings. The Morgan fingerprint density at radius 2 is 2.14 bits per heavy atom. The highest BCUT2D eigenvalue weighted by atomic mass is 32.2. The fourth-order valence-electron chi connectivity index (χ4n) is 1.61. The zero-order valence-corrected chi connectivity index (χ0v) is 10.7. The van der Waals surface area contributed by atoms with E-state index in [1.165, 1.54) is 12.8 Å². The van der Waals surface area contributed by atoms with Gasteiger partial charge in [-0.1, -0.05) is 13.8 Å². The average Bonchev–Trinajstić information content (AvgIpc) is 2.61. The minimum atomic E-state index is 0.334. The topological polar surface area (TPSA) is 20.7 Å². The lowest BCUT2D eigenvalue weighted by Gasteiger charge is -2.29.